The van der Waals surface area contributed by atoms with Crippen LogP contribution in [0.25, 0.3) is 0 Å². The van der Waals surface area contributed by atoms with Gasteiger partial charge in [-0.3, -0.25) is 4.79 Å². The van der Waals surface area contributed by atoms with Crippen molar-refractivity contribution in [2.75, 3.05) is 7.11 Å². The van der Waals surface area contributed by atoms with Crippen LogP contribution in [0.5, 0.6) is 0 Å². The molecule has 4 nitrogen and oxygen atoms in total. The van der Waals surface area contributed by atoms with E-state index in [-0.39, 0.29) is 5.56 Å². The monoisotopic (exact) mass is 333 g/mol. The largest absolute Gasteiger partial charge is 0.467 e. The minimum atomic E-state index is -0.987. The smallest absolute Gasteiger partial charge is 0.328 e. The summed E-state index contributed by atoms with van der Waals surface area (Å²) in [5, 5.41) is 2.44. The third kappa shape index (κ3) is 4.62. The van der Waals surface area contributed by atoms with E-state index in [9.17, 15) is 18.4 Å². The Morgan fingerprint density at radius 3 is 2.46 bits per heavy atom. The van der Waals surface area contributed by atoms with Gasteiger partial charge in [0.25, 0.3) is 5.91 Å². The number of halogens is 2. The molecule has 0 aliphatic rings. The second-order valence-electron chi connectivity index (χ2n) is 5.20. The van der Waals surface area contributed by atoms with Crippen molar-refractivity contribution in [3.05, 3.63) is 71.3 Å². The number of carbonyl (C=O) groups excluding carboxylic acids is 2. The third-order valence-electron chi connectivity index (χ3n) is 3.53. The predicted octanol–water partition coefficient (Wildman–Crippen LogP) is 2.87. The summed E-state index contributed by atoms with van der Waals surface area (Å²) < 4.78 is 31.3. The van der Waals surface area contributed by atoms with Crippen LogP contribution in [0.3, 0.4) is 0 Å². The number of rotatable bonds is 6. The second-order valence-corrected chi connectivity index (χ2v) is 5.20. The molecule has 1 amide bonds. The molecule has 0 aromatic heterocycles. The fraction of sp³-hybridized carbons (Fsp3) is 0.222. The fourth-order valence-corrected chi connectivity index (χ4v) is 2.26. The molecule has 2 aromatic carbocycles. The minimum absolute atomic E-state index is 0.297. The van der Waals surface area contributed by atoms with Crippen LogP contribution in [0.4, 0.5) is 8.78 Å². The van der Waals surface area contributed by atoms with Crippen molar-refractivity contribution in [1.82, 2.24) is 5.32 Å². The summed E-state index contributed by atoms with van der Waals surface area (Å²) in [6.07, 6.45) is 0.831. The molecule has 6 heteroatoms. The Morgan fingerprint density at radius 1 is 1.12 bits per heavy atom. The molecule has 1 N–H and O–H groups in total. The third-order valence-corrected chi connectivity index (χ3v) is 3.53. The van der Waals surface area contributed by atoms with Crippen LogP contribution in [-0.4, -0.2) is 25.0 Å². The Bertz CT molecular complexity index is 719. The van der Waals surface area contributed by atoms with Crippen molar-refractivity contribution in [2.24, 2.45) is 0 Å². The zero-order valence-corrected chi connectivity index (χ0v) is 13.1. The van der Waals surface area contributed by atoms with E-state index >= 15 is 0 Å². The van der Waals surface area contributed by atoms with E-state index < -0.39 is 29.6 Å². The normalized spacial score (nSPS) is 11.6. The lowest BCUT2D eigenvalue weighted by atomic mass is 10.0. The lowest BCUT2D eigenvalue weighted by Gasteiger charge is -2.17. The van der Waals surface area contributed by atoms with Gasteiger partial charge in [-0.15, -0.1) is 0 Å². The van der Waals surface area contributed by atoms with Crippen molar-refractivity contribution in [3.8, 4) is 0 Å². The minimum Gasteiger partial charge on any atom is -0.467 e. The number of aryl methyl sites for hydroxylation is 1. The summed E-state index contributed by atoms with van der Waals surface area (Å²) in [5.74, 6) is -3.19. The van der Waals surface area contributed by atoms with Crippen molar-refractivity contribution >= 4 is 11.9 Å². The summed E-state index contributed by atoms with van der Waals surface area (Å²) >= 11 is 0. The van der Waals surface area contributed by atoms with Crippen molar-refractivity contribution < 1.29 is 23.1 Å². The number of carbonyl (C=O) groups is 2. The SMILES string of the molecule is COC(=O)[C@H](CCc1ccccc1)NC(=O)c1ccc(F)cc1F. The van der Waals surface area contributed by atoms with Gasteiger partial charge in [-0.2, -0.15) is 0 Å². The molecule has 0 saturated heterocycles. The van der Waals surface area contributed by atoms with Gasteiger partial charge in [-0.1, -0.05) is 30.3 Å². The highest BCUT2D eigenvalue weighted by Crippen LogP contribution is 2.11. The lowest BCUT2D eigenvalue weighted by Crippen LogP contribution is -2.42. The number of benzene rings is 2. The van der Waals surface area contributed by atoms with Gasteiger partial charge in [0.15, 0.2) is 0 Å². The summed E-state index contributed by atoms with van der Waals surface area (Å²) in [4.78, 5) is 24.0. The molecule has 2 aromatic rings. The molecule has 126 valence electrons. The molecule has 2 rings (SSSR count). The van der Waals surface area contributed by atoms with Gasteiger partial charge in [0.1, 0.15) is 17.7 Å². The van der Waals surface area contributed by atoms with E-state index in [1.54, 1.807) is 0 Å². The second kappa shape index (κ2) is 8.19. The number of hydrogen-bond donors (Lipinski definition) is 1. The molecule has 0 aliphatic carbocycles. The molecule has 0 bridgehead atoms. The molecule has 0 spiro atoms. The molecule has 0 saturated carbocycles. The van der Waals surface area contributed by atoms with Crippen LogP contribution in [-0.2, 0) is 16.0 Å². The van der Waals surface area contributed by atoms with Gasteiger partial charge in [0, 0.05) is 6.07 Å². The molecule has 0 heterocycles. The van der Waals surface area contributed by atoms with Crippen molar-refractivity contribution in [3.63, 3.8) is 0 Å². The summed E-state index contributed by atoms with van der Waals surface area (Å²) in [6.45, 7) is 0. The van der Waals surface area contributed by atoms with Crippen molar-refractivity contribution in [2.45, 2.75) is 18.9 Å². The van der Waals surface area contributed by atoms with Gasteiger partial charge < -0.3 is 10.1 Å². The number of hydrogen-bond acceptors (Lipinski definition) is 3. The molecule has 0 unspecified atom stereocenters. The topological polar surface area (TPSA) is 55.4 Å². The van der Waals surface area contributed by atoms with Gasteiger partial charge in [0.2, 0.25) is 0 Å². The molecule has 0 radical (unpaired) electrons. The van der Waals surface area contributed by atoms with Gasteiger partial charge in [0.05, 0.1) is 12.7 Å². The number of amides is 1. The summed E-state index contributed by atoms with van der Waals surface area (Å²) in [7, 11) is 1.21. The van der Waals surface area contributed by atoms with E-state index in [1.807, 2.05) is 30.3 Å². The van der Waals surface area contributed by atoms with E-state index in [1.165, 1.54) is 7.11 Å². The quantitative estimate of drug-likeness (QED) is 0.827. The van der Waals surface area contributed by atoms with Gasteiger partial charge >= 0.3 is 5.97 Å². The van der Waals surface area contributed by atoms with Crippen LogP contribution in [0.2, 0.25) is 0 Å². The van der Waals surface area contributed by atoms with Crippen LogP contribution in [0.15, 0.2) is 48.5 Å². The molecule has 0 fully saturated rings. The number of methoxy groups -OCH3 is 1. The Balaban J connectivity index is 2.07. The van der Waals surface area contributed by atoms with E-state index in [0.717, 1.165) is 17.7 Å². The van der Waals surface area contributed by atoms with Crippen LogP contribution < -0.4 is 5.32 Å². The maximum absolute atomic E-state index is 13.7. The van der Waals surface area contributed by atoms with Crippen molar-refractivity contribution in [1.29, 1.82) is 0 Å². The van der Waals surface area contributed by atoms with Crippen LogP contribution >= 0.6 is 0 Å². The molecular weight excluding hydrogens is 316 g/mol. The standard InChI is InChI=1S/C18H17F2NO3/c1-24-18(23)16(10-7-12-5-3-2-4-6-12)21-17(22)14-9-8-13(19)11-15(14)20/h2-6,8-9,11,16H,7,10H2,1H3,(H,21,22)/t16-/m0/s1. The highest BCUT2D eigenvalue weighted by Gasteiger charge is 2.23. The molecule has 24 heavy (non-hydrogen) atoms. The van der Waals surface area contributed by atoms with Gasteiger partial charge in [-0.25, -0.2) is 13.6 Å². The highest BCUT2D eigenvalue weighted by atomic mass is 19.1. The van der Waals surface area contributed by atoms with Crippen LogP contribution in [0.1, 0.15) is 22.3 Å². The Hall–Kier alpha value is -2.76. The number of nitrogens with one attached hydrogen (secondary N) is 1. The first-order valence-electron chi connectivity index (χ1n) is 7.39. The van der Waals surface area contributed by atoms with E-state index in [2.05, 4.69) is 10.1 Å². The Morgan fingerprint density at radius 2 is 1.83 bits per heavy atom. The predicted molar refractivity (Wildman–Crippen MR) is 84.4 cm³/mol. The first kappa shape index (κ1) is 17.6. The van der Waals surface area contributed by atoms with E-state index in [0.29, 0.717) is 18.9 Å². The molecule has 1 atom stereocenters. The maximum atomic E-state index is 13.7. The van der Waals surface area contributed by atoms with Crippen LogP contribution in [0, 0.1) is 11.6 Å². The average molecular weight is 333 g/mol. The van der Waals surface area contributed by atoms with E-state index in [4.69, 9.17) is 0 Å². The van der Waals surface area contributed by atoms with Gasteiger partial charge in [-0.05, 0) is 30.5 Å². The Kier molecular flexibility index (Phi) is 6.01. The lowest BCUT2D eigenvalue weighted by molar-refractivity contribution is -0.143. The Labute approximate surface area is 138 Å². The maximum Gasteiger partial charge on any atom is 0.328 e. The molecule has 0 aliphatic heterocycles. The summed E-state index contributed by atoms with van der Waals surface area (Å²) in [6, 6.07) is 11.1. The highest BCUT2D eigenvalue weighted by molar-refractivity contribution is 5.97. The first-order valence-corrected chi connectivity index (χ1v) is 7.39. The number of ether oxygens (including phenoxy) is 1. The molecular formula is C18H17F2NO3. The number of esters is 1. The summed E-state index contributed by atoms with van der Waals surface area (Å²) in [5.41, 5.74) is 0.665. The zero-order valence-electron chi connectivity index (χ0n) is 13.1. The average Bonchev–Trinajstić information content (AvgIpc) is 2.58. The fourth-order valence-electron chi connectivity index (χ4n) is 2.26. The zero-order chi connectivity index (χ0) is 17.5. The first-order chi connectivity index (χ1) is 11.5.